The highest BCUT2D eigenvalue weighted by Crippen LogP contribution is 2.22. The molecule has 0 unspecified atom stereocenters. The van der Waals surface area contributed by atoms with Crippen molar-refractivity contribution in [3.05, 3.63) is 34.1 Å². The van der Waals surface area contributed by atoms with Crippen LogP contribution < -0.4 is 4.90 Å². The molecule has 0 bridgehead atoms. The molecule has 6 nitrogen and oxygen atoms in total. The third kappa shape index (κ3) is 3.56. The lowest BCUT2D eigenvalue weighted by molar-refractivity contribution is -0.116. The van der Waals surface area contributed by atoms with Gasteiger partial charge in [-0.2, -0.15) is 5.10 Å². The van der Waals surface area contributed by atoms with Crippen LogP contribution in [0.2, 0.25) is 0 Å². The summed E-state index contributed by atoms with van der Waals surface area (Å²) in [6.07, 6.45) is 3.17. The summed E-state index contributed by atoms with van der Waals surface area (Å²) in [7, 11) is 1.82. The molecular weight excluding hydrogens is 312 g/mol. The second-order valence-corrected chi connectivity index (χ2v) is 6.02. The summed E-state index contributed by atoms with van der Waals surface area (Å²) < 4.78 is 1.70. The Morgan fingerprint density at radius 3 is 2.61 bits per heavy atom. The van der Waals surface area contributed by atoms with Crippen LogP contribution in [0.5, 0.6) is 0 Å². The molecule has 122 valence electrons. The van der Waals surface area contributed by atoms with Crippen molar-refractivity contribution in [2.75, 3.05) is 11.4 Å². The Morgan fingerprint density at radius 1 is 1.39 bits per heavy atom. The van der Waals surface area contributed by atoms with Gasteiger partial charge >= 0.3 is 0 Å². The second kappa shape index (κ2) is 6.87. The first-order chi connectivity index (χ1) is 10.8. The van der Waals surface area contributed by atoms with Gasteiger partial charge in [0.2, 0.25) is 5.91 Å². The van der Waals surface area contributed by atoms with E-state index in [2.05, 4.69) is 10.1 Å². The van der Waals surface area contributed by atoms with Crippen LogP contribution in [0.3, 0.4) is 0 Å². The summed E-state index contributed by atoms with van der Waals surface area (Å²) in [5, 5.41) is 6.72. The maximum atomic E-state index is 12.3. The number of ketones is 1. The molecule has 2 aromatic rings. The standard InChI is InChI=1S/C16H20N4O2S/c1-6-20(12(4)21)16-17-13(9-23-16)7-8-14(22)15-10(2)18-19(5)11(15)3/h7-9H,6H2,1-5H3. The van der Waals surface area contributed by atoms with Crippen molar-refractivity contribution in [1.82, 2.24) is 14.8 Å². The maximum Gasteiger partial charge on any atom is 0.225 e. The van der Waals surface area contributed by atoms with Gasteiger partial charge in [0.15, 0.2) is 10.9 Å². The predicted molar refractivity (Wildman–Crippen MR) is 91.9 cm³/mol. The van der Waals surface area contributed by atoms with Crippen molar-refractivity contribution in [2.24, 2.45) is 7.05 Å². The molecule has 0 aromatic carbocycles. The molecule has 23 heavy (non-hydrogen) atoms. The molecule has 0 radical (unpaired) electrons. The van der Waals surface area contributed by atoms with E-state index < -0.39 is 0 Å². The van der Waals surface area contributed by atoms with Crippen LogP contribution in [-0.4, -0.2) is 33.0 Å². The molecule has 2 rings (SSSR count). The van der Waals surface area contributed by atoms with Crippen LogP contribution >= 0.6 is 11.3 Å². The van der Waals surface area contributed by atoms with E-state index in [9.17, 15) is 9.59 Å². The van der Waals surface area contributed by atoms with E-state index in [0.29, 0.717) is 28.6 Å². The lowest BCUT2D eigenvalue weighted by Gasteiger charge is -2.14. The van der Waals surface area contributed by atoms with Crippen molar-refractivity contribution < 1.29 is 9.59 Å². The summed E-state index contributed by atoms with van der Waals surface area (Å²) in [5.41, 5.74) is 2.84. The van der Waals surface area contributed by atoms with Gasteiger partial charge in [-0.3, -0.25) is 19.2 Å². The zero-order chi connectivity index (χ0) is 17.1. The first-order valence-electron chi connectivity index (χ1n) is 7.31. The minimum atomic E-state index is -0.0958. The first-order valence-corrected chi connectivity index (χ1v) is 8.19. The van der Waals surface area contributed by atoms with E-state index in [1.807, 2.05) is 33.2 Å². The molecule has 0 aliphatic rings. The molecule has 7 heteroatoms. The van der Waals surface area contributed by atoms with Gasteiger partial charge in [-0.05, 0) is 32.9 Å². The Bertz CT molecular complexity index is 773. The smallest absolute Gasteiger partial charge is 0.225 e. The molecular formula is C16H20N4O2S. The summed E-state index contributed by atoms with van der Waals surface area (Å²) in [6.45, 7) is 7.67. The van der Waals surface area contributed by atoms with Gasteiger partial charge in [-0.1, -0.05) is 0 Å². The van der Waals surface area contributed by atoms with Crippen molar-refractivity contribution in [1.29, 1.82) is 0 Å². The fraction of sp³-hybridized carbons (Fsp3) is 0.375. The Kier molecular flexibility index (Phi) is 5.10. The number of allylic oxidation sites excluding steroid dienone is 1. The number of aryl methyl sites for hydroxylation is 2. The van der Waals surface area contributed by atoms with Gasteiger partial charge in [0.05, 0.1) is 17.0 Å². The fourth-order valence-corrected chi connectivity index (χ4v) is 3.24. The van der Waals surface area contributed by atoms with Crippen LogP contribution in [0.4, 0.5) is 5.13 Å². The van der Waals surface area contributed by atoms with Crippen molar-refractivity contribution in [3.63, 3.8) is 0 Å². The number of carbonyl (C=O) groups is 2. The third-order valence-corrected chi connectivity index (χ3v) is 4.48. The van der Waals surface area contributed by atoms with Crippen LogP contribution in [0, 0.1) is 13.8 Å². The Morgan fingerprint density at radius 2 is 2.09 bits per heavy atom. The molecule has 0 fully saturated rings. The molecule has 2 aromatic heterocycles. The van der Waals surface area contributed by atoms with E-state index in [1.165, 1.54) is 24.3 Å². The number of carbonyl (C=O) groups excluding carboxylic acids is 2. The highest BCUT2D eigenvalue weighted by molar-refractivity contribution is 7.14. The lowest BCUT2D eigenvalue weighted by atomic mass is 10.1. The number of hydrogen-bond donors (Lipinski definition) is 0. The van der Waals surface area contributed by atoms with E-state index in [-0.39, 0.29) is 11.7 Å². The topological polar surface area (TPSA) is 68.1 Å². The summed E-state index contributed by atoms with van der Waals surface area (Å²) in [5.74, 6) is -0.142. The maximum absolute atomic E-state index is 12.3. The Balaban J connectivity index is 2.19. The lowest BCUT2D eigenvalue weighted by Crippen LogP contribution is -2.27. The number of hydrogen-bond acceptors (Lipinski definition) is 5. The number of amides is 1. The van der Waals surface area contributed by atoms with E-state index in [1.54, 1.807) is 15.7 Å². The zero-order valence-corrected chi connectivity index (χ0v) is 14.8. The van der Waals surface area contributed by atoms with Crippen molar-refractivity contribution >= 4 is 34.2 Å². The van der Waals surface area contributed by atoms with Gasteiger partial charge in [-0.15, -0.1) is 11.3 Å². The van der Waals surface area contributed by atoms with Crippen LogP contribution in [0.1, 0.15) is 41.3 Å². The molecule has 0 aliphatic carbocycles. The van der Waals surface area contributed by atoms with Crippen molar-refractivity contribution in [3.8, 4) is 0 Å². The number of anilines is 1. The largest absolute Gasteiger partial charge is 0.289 e. The second-order valence-electron chi connectivity index (χ2n) is 5.19. The normalized spacial score (nSPS) is 11.2. The van der Waals surface area contributed by atoms with Gasteiger partial charge in [0.1, 0.15) is 0 Å². The van der Waals surface area contributed by atoms with Gasteiger partial charge < -0.3 is 0 Å². The van der Waals surface area contributed by atoms with Crippen molar-refractivity contribution in [2.45, 2.75) is 27.7 Å². The third-order valence-electron chi connectivity index (χ3n) is 3.60. The van der Waals surface area contributed by atoms with Gasteiger partial charge in [0.25, 0.3) is 0 Å². The average molecular weight is 332 g/mol. The average Bonchev–Trinajstić information content (AvgIpc) is 3.03. The zero-order valence-electron chi connectivity index (χ0n) is 14.0. The van der Waals surface area contributed by atoms with Crippen LogP contribution in [-0.2, 0) is 11.8 Å². The highest BCUT2D eigenvalue weighted by Gasteiger charge is 2.16. The fourth-order valence-electron chi connectivity index (χ4n) is 2.34. The minimum absolute atomic E-state index is 0.0462. The molecule has 0 saturated heterocycles. The molecule has 0 spiro atoms. The molecule has 2 heterocycles. The van der Waals surface area contributed by atoms with E-state index >= 15 is 0 Å². The monoisotopic (exact) mass is 332 g/mol. The Labute approximate surface area is 139 Å². The molecule has 1 amide bonds. The number of nitrogens with zero attached hydrogens (tertiary/aromatic N) is 4. The predicted octanol–water partition coefficient (Wildman–Crippen LogP) is 2.76. The van der Waals surface area contributed by atoms with Crippen LogP contribution in [0.15, 0.2) is 11.5 Å². The van der Waals surface area contributed by atoms with E-state index in [4.69, 9.17) is 0 Å². The van der Waals surface area contributed by atoms with Gasteiger partial charge in [0, 0.05) is 31.6 Å². The SMILES string of the molecule is CCN(C(C)=O)c1nc(C=CC(=O)c2c(C)nn(C)c2C)cs1. The molecule has 0 aliphatic heterocycles. The van der Waals surface area contributed by atoms with Crippen LogP contribution in [0.25, 0.3) is 6.08 Å². The number of aromatic nitrogens is 3. The molecule has 0 saturated carbocycles. The summed E-state index contributed by atoms with van der Waals surface area (Å²) in [6, 6.07) is 0. The number of thiazole rings is 1. The van der Waals surface area contributed by atoms with Gasteiger partial charge in [-0.25, -0.2) is 4.98 Å². The summed E-state index contributed by atoms with van der Waals surface area (Å²) in [4.78, 5) is 29.9. The molecule has 0 N–H and O–H groups in total. The highest BCUT2D eigenvalue weighted by atomic mass is 32.1. The van der Waals surface area contributed by atoms with E-state index in [0.717, 1.165) is 5.69 Å². The quantitative estimate of drug-likeness (QED) is 0.624. The molecule has 0 atom stereocenters. The Hall–Kier alpha value is -2.28. The minimum Gasteiger partial charge on any atom is -0.289 e. The first kappa shape index (κ1) is 17.1. The summed E-state index contributed by atoms with van der Waals surface area (Å²) >= 11 is 1.38. The number of rotatable bonds is 5.